The van der Waals surface area contributed by atoms with Gasteiger partial charge in [-0.2, -0.15) is 18.2 Å². The molecule has 2 aromatic rings. The lowest BCUT2D eigenvalue weighted by molar-refractivity contribution is -0.154. The molecule has 9 heteroatoms. The van der Waals surface area contributed by atoms with Gasteiger partial charge >= 0.3 is 6.18 Å². The van der Waals surface area contributed by atoms with Crippen molar-refractivity contribution >= 4 is 5.91 Å². The second-order valence-corrected chi connectivity index (χ2v) is 4.87. The van der Waals surface area contributed by atoms with Crippen LogP contribution in [0.25, 0.3) is 0 Å². The second kappa shape index (κ2) is 8.32. The van der Waals surface area contributed by atoms with Gasteiger partial charge in [-0.3, -0.25) is 9.78 Å². The maximum atomic E-state index is 12.2. The van der Waals surface area contributed by atoms with E-state index in [2.05, 4.69) is 20.0 Å². The van der Waals surface area contributed by atoms with E-state index >= 15 is 0 Å². The Morgan fingerprint density at radius 1 is 1.16 bits per heavy atom. The largest absolute Gasteiger partial charge is 0.478 e. The van der Waals surface area contributed by atoms with Gasteiger partial charge in [0, 0.05) is 36.1 Å². The van der Waals surface area contributed by atoms with Gasteiger partial charge in [0.25, 0.3) is 5.91 Å². The molecule has 6 nitrogen and oxygen atoms in total. The topological polar surface area (TPSA) is 73.3 Å². The van der Waals surface area contributed by atoms with E-state index in [0.29, 0.717) is 11.1 Å². The predicted octanol–water partition coefficient (Wildman–Crippen LogP) is 2.75. The van der Waals surface area contributed by atoms with Gasteiger partial charge in [-0.25, -0.2) is 0 Å². The smallest absolute Gasteiger partial charge is 0.422 e. The molecule has 0 spiro atoms. The molecule has 25 heavy (non-hydrogen) atoms. The Labute approximate surface area is 142 Å². The summed E-state index contributed by atoms with van der Waals surface area (Å²) < 4.78 is 46.5. The molecule has 134 valence electrons. The Hall–Kier alpha value is -2.84. The van der Waals surface area contributed by atoms with Crippen LogP contribution in [0.3, 0.4) is 0 Å². The third kappa shape index (κ3) is 5.94. The van der Waals surface area contributed by atoms with Crippen LogP contribution in [0, 0.1) is 0 Å². The number of hydrogen-bond acceptors (Lipinski definition) is 5. The maximum absolute atomic E-state index is 12.2. The molecule has 1 amide bonds. The third-order valence-electron chi connectivity index (χ3n) is 2.96. The molecular formula is C16H16F3N3O3. The lowest BCUT2D eigenvalue weighted by Gasteiger charge is -2.13. The van der Waals surface area contributed by atoms with Gasteiger partial charge < -0.3 is 14.8 Å². The van der Waals surface area contributed by atoms with Crippen molar-refractivity contribution in [3.8, 4) is 11.8 Å². The molecule has 0 aliphatic carbocycles. The monoisotopic (exact) mass is 355 g/mol. The SMILES string of the molecule is CCOc1nc(OCC(F)(F)F)ccc1CNC(=O)c1ccncc1. The molecule has 1 N–H and O–H groups in total. The molecule has 0 aliphatic heterocycles. The molecule has 0 aromatic carbocycles. The third-order valence-corrected chi connectivity index (χ3v) is 2.96. The number of hydrogen-bond donors (Lipinski definition) is 1. The summed E-state index contributed by atoms with van der Waals surface area (Å²) in [6.07, 6.45) is -1.46. The highest BCUT2D eigenvalue weighted by Gasteiger charge is 2.28. The quantitative estimate of drug-likeness (QED) is 0.827. The fourth-order valence-electron chi connectivity index (χ4n) is 1.87. The summed E-state index contributed by atoms with van der Waals surface area (Å²) in [7, 11) is 0. The van der Waals surface area contributed by atoms with Crippen molar-refractivity contribution in [3.63, 3.8) is 0 Å². The zero-order valence-corrected chi connectivity index (χ0v) is 13.3. The van der Waals surface area contributed by atoms with E-state index in [4.69, 9.17) is 4.74 Å². The minimum absolute atomic E-state index is 0.100. The van der Waals surface area contributed by atoms with Crippen molar-refractivity contribution in [3.05, 3.63) is 47.8 Å². The van der Waals surface area contributed by atoms with E-state index in [1.807, 2.05) is 0 Å². The molecule has 0 saturated carbocycles. The van der Waals surface area contributed by atoms with E-state index in [1.165, 1.54) is 24.5 Å². The first kappa shape index (κ1) is 18.5. The van der Waals surface area contributed by atoms with Gasteiger partial charge in [0.15, 0.2) is 6.61 Å². The molecule has 0 atom stereocenters. The van der Waals surface area contributed by atoms with Crippen LogP contribution >= 0.6 is 0 Å². The van der Waals surface area contributed by atoms with Crippen LogP contribution in [0.1, 0.15) is 22.8 Å². The molecular weight excluding hydrogens is 339 g/mol. The van der Waals surface area contributed by atoms with Gasteiger partial charge in [-0.05, 0) is 25.1 Å². The molecule has 2 heterocycles. The summed E-state index contributed by atoms with van der Waals surface area (Å²) in [5.74, 6) is -0.413. The fourth-order valence-corrected chi connectivity index (χ4v) is 1.87. The number of pyridine rings is 2. The number of halogens is 3. The summed E-state index contributed by atoms with van der Waals surface area (Å²) in [4.78, 5) is 19.8. The average molecular weight is 355 g/mol. The highest BCUT2D eigenvalue weighted by Crippen LogP contribution is 2.22. The fraction of sp³-hybridized carbons (Fsp3) is 0.312. The van der Waals surface area contributed by atoms with E-state index in [0.717, 1.165) is 0 Å². The summed E-state index contributed by atoms with van der Waals surface area (Å²) in [6, 6.07) is 5.91. The van der Waals surface area contributed by atoms with Gasteiger partial charge in [0.2, 0.25) is 11.8 Å². The number of carbonyl (C=O) groups excluding carboxylic acids is 1. The molecule has 0 unspecified atom stereocenters. The van der Waals surface area contributed by atoms with Crippen LogP contribution in [-0.2, 0) is 6.54 Å². The zero-order valence-electron chi connectivity index (χ0n) is 13.3. The minimum Gasteiger partial charge on any atom is -0.478 e. The number of nitrogens with one attached hydrogen (secondary N) is 1. The molecule has 0 fully saturated rings. The molecule has 0 radical (unpaired) electrons. The highest BCUT2D eigenvalue weighted by molar-refractivity contribution is 5.93. The first-order valence-electron chi connectivity index (χ1n) is 7.39. The molecule has 2 aromatic heterocycles. The molecule has 0 bridgehead atoms. The van der Waals surface area contributed by atoms with E-state index in [1.54, 1.807) is 19.1 Å². The number of amides is 1. The maximum Gasteiger partial charge on any atom is 0.422 e. The average Bonchev–Trinajstić information content (AvgIpc) is 2.59. The van der Waals surface area contributed by atoms with Crippen LogP contribution in [0.4, 0.5) is 13.2 Å². The van der Waals surface area contributed by atoms with Crippen molar-refractivity contribution in [1.29, 1.82) is 0 Å². The second-order valence-electron chi connectivity index (χ2n) is 4.87. The number of rotatable bonds is 7. The van der Waals surface area contributed by atoms with Crippen LogP contribution in [-0.4, -0.2) is 35.3 Å². The number of nitrogens with zero attached hydrogens (tertiary/aromatic N) is 2. The standard InChI is InChI=1S/C16H16F3N3O3/c1-2-24-15-12(3-4-13(22-15)25-10-16(17,18)19)9-21-14(23)11-5-7-20-8-6-11/h3-8H,2,9-10H2,1H3,(H,21,23). The Morgan fingerprint density at radius 2 is 1.88 bits per heavy atom. The Kier molecular flexibility index (Phi) is 6.15. The van der Waals surface area contributed by atoms with Crippen molar-refractivity contribution < 1.29 is 27.4 Å². The molecule has 2 rings (SSSR count). The summed E-state index contributed by atoms with van der Waals surface area (Å²) in [6.45, 7) is 0.637. The van der Waals surface area contributed by atoms with Crippen molar-refractivity contribution in [2.24, 2.45) is 0 Å². The molecule has 0 saturated heterocycles. The van der Waals surface area contributed by atoms with Crippen LogP contribution in [0.5, 0.6) is 11.8 Å². The summed E-state index contributed by atoms with van der Waals surface area (Å²) >= 11 is 0. The van der Waals surface area contributed by atoms with Crippen molar-refractivity contribution in [2.45, 2.75) is 19.6 Å². The number of aromatic nitrogens is 2. The van der Waals surface area contributed by atoms with Crippen molar-refractivity contribution in [1.82, 2.24) is 15.3 Å². The van der Waals surface area contributed by atoms with Crippen LogP contribution < -0.4 is 14.8 Å². The molecule has 0 aliphatic rings. The van der Waals surface area contributed by atoms with Gasteiger partial charge in [0.05, 0.1) is 6.61 Å². The lowest BCUT2D eigenvalue weighted by Crippen LogP contribution is -2.23. The summed E-state index contributed by atoms with van der Waals surface area (Å²) in [5.41, 5.74) is 0.953. The highest BCUT2D eigenvalue weighted by atomic mass is 19.4. The lowest BCUT2D eigenvalue weighted by atomic mass is 10.2. The Morgan fingerprint density at radius 3 is 2.52 bits per heavy atom. The first-order valence-corrected chi connectivity index (χ1v) is 7.39. The van der Waals surface area contributed by atoms with E-state index in [-0.39, 0.29) is 30.8 Å². The number of alkyl halides is 3. The number of ether oxygens (including phenoxy) is 2. The van der Waals surface area contributed by atoms with E-state index in [9.17, 15) is 18.0 Å². The Bertz CT molecular complexity index is 709. The minimum atomic E-state index is -4.45. The van der Waals surface area contributed by atoms with Gasteiger partial charge in [-0.1, -0.05) is 0 Å². The number of carbonyl (C=O) groups is 1. The van der Waals surface area contributed by atoms with Gasteiger partial charge in [-0.15, -0.1) is 0 Å². The summed E-state index contributed by atoms with van der Waals surface area (Å²) in [5, 5.41) is 2.68. The Balaban J connectivity index is 2.05. The van der Waals surface area contributed by atoms with Crippen LogP contribution in [0.2, 0.25) is 0 Å². The van der Waals surface area contributed by atoms with Gasteiger partial charge in [0.1, 0.15) is 0 Å². The first-order chi connectivity index (χ1) is 11.9. The predicted molar refractivity (Wildman–Crippen MR) is 82.4 cm³/mol. The van der Waals surface area contributed by atoms with Crippen LogP contribution in [0.15, 0.2) is 36.7 Å². The van der Waals surface area contributed by atoms with E-state index < -0.39 is 12.8 Å². The normalized spacial score (nSPS) is 11.0. The zero-order chi connectivity index (χ0) is 18.3. The van der Waals surface area contributed by atoms with Crippen molar-refractivity contribution in [2.75, 3.05) is 13.2 Å².